The van der Waals surface area contributed by atoms with Crippen molar-refractivity contribution in [1.82, 2.24) is 14.9 Å². The van der Waals surface area contributed by atoms with Crippen LogP contribution in [-0.4, -0.2) is 40.5 Å². The third kappa shape index (κ3) is 1.99. The first-order valence-electron chi connectivity index (χ1n) is 5.78. The summed E-state index contributed by atoms with van der Waals surface area (Å²) in [6, 6.07) is 2.31. The number of hydrogen-bond donors (Lipinski definition) is 1. The maximum absolute atomic E-state index is 5.84. The standard InChI is InChI=1S/C11H15ClN4/c12-10-5-11(14-7-13-10)15-9-6-16-3-1-8(9)2-4-16/h5,7-9H,1-4,6H2,(H,13,14,15). The van der Waals surface area contributed by atoms with E-state index in [4.69, 9.17) is 11.6 Å². The van der Waals surface area contributed by atoms with Gasteiger partial charge in [-0.3, -0.25) is 0 Å². The van der Waals surface area contributed by atoms with E-state index in [9.17, 15) is 0 Å². The lowest BCUT2D eigenvalue weighted by Crippen LogP contribution is -2.53. The summed E-state index contributed by atoms with van der Waals surface area (Å²) < 4.78 is 0. The van der Waals surface area contributed by atoms with Crippen LogP contribution in [0.2, 0.25) is 5.15 Å². The van der Waals surface area contributed by atoms with Crippen molar-refractivity contribution in [2.75, 3.05) is 25.0 Å². The third-order valence-corrected chi connectivity index (χ3v) is 3.83. The van der Waals surface area contributed by atoms with Crippen LogP contribution >= 0.6 is 11.6 Å². The Morgan fingerprint density at radius 3 is 2.75 bits per heavy atom. The van der Waals surface area contributed by atoms with E-state index in [1.54, 1.807) is 6.07 Å². The summed E-state index contributed by atoms with van der Waals surface area (Å²) in [4.78, 5) is 10.6. The van der Waals surface area contributed by atoms with E-state index in [0.29, 0.717) is 11.2 Å². The normalized spacial score (nSPS) is 32.7. The average Bonchev–Trinajstić information content (AvgIpc) is 2.30. The number of anilines is 1. The molecule has 3 aliphatic rings. The van der Waals surface area contributed by atoms with E-state index in [-0.39, 0.29) is 0 Å². The molecule has 86 valence electrons. The highest BCUT2D eigenvalue weighted by Crippen LogP contribution is 2.29. The molecule has 3 aliphatic heterocycles. The summed E-state index contributed by atoms with van der Waals surface area (Å²) >= 11 is 5.84. The third-order valence-electron chi connectivity index (χ3n) is 3.62. The van der Waals surface area contributed by atoms with E-state index in [2.05, 4.69) is 20.2 Å². The van der Waals surface area contributed by atoms with Crippen LogP contribution in [0.4, 0.5) is 5.82 Å². The molecule has 16 heavy (non-hydrogen) atoms. The maximum Gasteiger partial charge on any atom is 0.134 e. The molecule has 0 saturated carbocycles. The zero-order chi connectivity index (χ0) is 11.0. The minimum atomic E-state index is 0.499. The molecule has 0 radical (unpaired) electrons. The Bertz CT molecular complexity index is 376. The van der Waals surface area contributed by atoms with Gasteiger partial charge in [-0.25, -0.2) is 9.97 Å². The summed E-state index contributed by atoms with van der Waals surface area (Å²) in [5.41, 5.74) is 0. The second-order valence-electron chi connectivity index (χ2n) is 4.61. The average molecular weight is 239 g/mol. The summed E-state index contributed by atoms with van der Waals surface area (Å²) in [6.07, 6.45) is 4.11. The molecule has 0 spiro atoms. The summed E-state index contributed by atoms with van der Waals surface area (Å²) in [6.45, 7) is 3.65. The lowest BCUT2D eigenvalue weighted by molar-refractivity contribution is 0.0974. The maximum atomic E-state index is 5.84. The van der Waals surface area contributed by atoms with Gasteiger partial charge < -0.3 is 10.2 Å². The van der Waals surface area contributed by atoms with Gasteiger partial charge in [0.25, 0.3) is 0 Å². The molecule has 1 aromatic heterocycles. The van der Waals surface area contributed by atoms with Gasteiger partial charge >= 0.3 is 0 Å². The van der Waals surface area contributed by atoms with E-state index < -0.39 is 0 Å². The number of fused-ring (bicyclic) bond motifs is 3. The topological polar surface area (TPSA) is 41.0 Å². The zero-order valence-electron chi connectivity index (χ0n) is 9.06. The number of rotatable bonds is 2. The van der Waals surface area contributed by atoms with E-state index in [1.807, 2.05) is 0 Å². The molecule has 0 aromatic carbocycles. The first kappa shape index (κ1) is 10.3. The molecule has 5 heteroatoms. The van der Waals surface area contributed by atoms with Crippen LogP contribution in [0.15, 0.2) is 12.4 Å². The molecule has 4 heterocycles. The van der Waals surface area contributed by atoms with Crippen LogP contribution in [0.25, 0.3) is 0 Å². The molecule has 1 aromatic rings. The van der Waals surface area contributed by atoms with E-state index in [1.165, 1.54) is 32.3 Å². The van der Waals surface area contributed by atoms with Gasteiger partial charge in [0, 0.05) is 18.7 Å². The minimum absolute atomic E-state index is 0.499. The van der Waals surface area contributed by atoms with Gasteiger partial charge in [0.15, 0.2) is 0 Å². The number of nitrogens with one attached hydrogen (secondary N) is 1. The summed E-state index contributed by atoms with van der Waals surface area (Å²) in [5, 5.41) is 3.97. The van der Waals surface area contributed by atoms with Crippen molar-refractivity contribution in [2.45, 2.75) is 18.9 Å². The van der Waals surface area contributed by atoms with Crippen LogP contribution in [0.3, 0.4) is 0 Å². The number of aromatic nitrogens is 2. The molecule has 1 unspecified atom stereocenters. The van der Waals surface area contributed by atoms with Crippen LogP contribution < -0.4 is 5.32 Å². The van der Waals surface area contributed by atoms with Crippen molar-refractivity contribution in [3.63, 3.8) is 0 Å². The molecule has 4 nitrogen and oxygen atoms in total. The lowest BCUT2D eigenvalue weighted by Gasteiger charge is -2.45. The largest absolute Gasteiger partial charge is 0.366 e. The Balaban J connectivity index is 1.71. The molecule has 1 N–H and O–H groups in total. The fraction of sp³-hybridized carbons (Fsp3) is 0.636. The number of hydrogen-bond acceptors (Lipinski definition) is 4. The van der Waals surface area contributed by atoms with Crippen molar-refractivity contribution < 1.29 is 0 Å². The van der Waals surface area contributed by atoms with Crippen molar-refractivity contribution in [3.05, 3.63) is 17.5 Å². The van der Waals surface area contributed by atoms with Crippen molar-refractivity contribution in [3.8, 4) is 0 Å². The second-order valence-corrected chi connectivity index (χ2v) is 5.00. The highest BCUT2D eigenvalue weighted by Gasteiger charge is 2.34. The van der Waals surface area contributed by atoms with E-state index in [0.717, 1.165) is 18.3 Å². The SMILES string of the molecule is Clc1cc(NC2CN3CCC2CC3)ncn1. The van der Waals surface area contributed by atoms with Gasteiger partial charge in [0.05, 0.1) is 0 Å². The number of piperidine rings is 3. The molecule has 1 atom stereocenters. The van der Waals surface area contributed by atoms with Gasteiger partial charge in [-0.15, -0.1) is 0 Å². The summed E-state index contributed by atoms with van der Waals surface area (Å²) in [7, 11) is 0. The molecular formula is C11H15ClN4. The quantitative estimate of drug-likeness (QED) is 0.796. The number of nitrogens with zero attached hydrogens (tertiary/aromatic N) is 3. The van der Waals surface area contributed by atoms with Gasteiger partial charge in [-0.1, -0.05) is 11.6 Å². The Kier molecular flexibility index (Phi) is 2.69. The lowest BCUT2D eigenvalue weighted by atomic mass is 9.84. The highest BCUT2D eigenvalue weighted by molar-refractivity contribution is 6.29. The van der Waals surface area contributed by atoms with Crippen LogP contribution in [-0.2, 0) is 0 Å². The molecule has 0 amide bonds. The minimum Gasteiger partial charge on any atom is -0.366 e. The zero-order valence-corrected chi connectivity index (χ0v) is 9.82. The Labute approximate surface area is 100 Å². The van der Waals surface area contributed by atoms with Gasteiger partial charge in [0.2, 0.25) is 0 Å². The second kappa shape index (κ2) is 4.18. The molecule has 4 rings (SSSR count). The number of halogens is 1. The molecule has 3 saturated heterocycles. The van der Waals surface area contributed by atoms with Gasteiger partial charge in [-0.05, 0) is 31.8 Å². The fourth-order valence-corrected chi connectivity index (χ4v) is 2.88. The smallest absolute Gasteiger partial charge is 0.134 e. The molecular weight excluding hydrogens is 224 g/mol. The van der Waals surface area contributed by atoms with Crippen molar-refractivity contribution >= 4 is 17.4 Å². The predicted molar refractivity (Wildman–Crippen MR) is 63.6 cm³/mol. The van der Waals surface area contributed by atoms with Gasteiger partial charge in [-0.2, -0.15) is 0 Å². The Morgan fingerprint density at radius 1 is 1.31 bits per heavy atom. The monoisotopic (exact) mass is 238 g/mol. The first-order chi connectivity index (χ1) is 7.81. The van der Waals surface area contributed by atoms with Crippen LogP contribution in [0.1, 0.15) is 12.8 Å². The first-order valence-corrected chi connectivity index (χ1v) is 6.15. The molecule has 0 aliphatic carbocycles. The van der Waals surface area contributed by atoms with E-state index >= 15 is 0 Å². The van der Waals surface area contributed by atoms with Crippen LogP contribution in [0, 0.1) is 5.92 Å². The molecule has 2 bridgehead atoms. The van der Waals surface area contributed by atoms with Crippen LogP contribution in [0.5, 0.6) is 0 Å². The predicted octanol–water partition coefficient (Wildman–Crippen LogP) is 1.64. The molecule has 3 fully saturated rings. The Morgan fingerprint density at radius 2 is 2.12 bits per heavy atom. The fourth-order valence-electron chi connectivity index (χ4n) is 2.73. The van der Waals surface area contributed by atoms with Gasteiger partial charge in [0.1, 0.15) is 17.3 Å². The van der Waals surface area contributed by atoms with Crippen molar-refractivity contribution in [2.24, 2.45) is 5.92 Å². The summed E-state index contributed by atoms with van der Waals surface area (Å²) in [5.74, 6) is 1.64. The Hall–Kier alpha value is -0.870. The van der Waals surface area contributed by atoms with Crippen molar-refractivity contribution in [1.29, 1.82) is 0 Å². The highest BCUT2D eigenvalue weighted by atomic mass is 35.5.